The van der Waals surface area contributed by atoms with Crippen LogP contribution in [0.25, 0.3) is 11.1 Å². The number of pyridine rings is 1. The zero-order valence-corrected chi connectivity index (χ0v) is 9.15. The highest BCUT2D eigenvalue weighted by Gasteiger charge is 2.17. The monoisotopic (exact) mass is 223 g/mol. The van der Waals surface area contributed by atoms with Crippen molar-refractivity contribution in [2.24, 2.45) is 0 Å². The highest BCUT2D eigenvalue weighted by molar-refractivity contribution is 5.83. The minimum absolute atomic E-state index is 0.206. The minimum atomic E-state index is 0.206. The molecule has 1 aliphatic rings. The van der Waals surface area contributed by atoms with E-state index in [0.29, 0.717) is 11.5 Å². The number of hydrogen-bond donors (Lipinski definition) is 2. The number of anilines is 1. The largest absolute Gasteiger partial charge is 0.328 e. The Morgan fingerprint density at radius 1 is 1.47 bits per heavy atom. The second-order valence-corrected chi connectivity index (χ2v) is 3.87. The van der Waals surface area contributed by atoms with Crippen LogP contribution in [0.4, 0.5) is 5.95 Å². The number of nitriles is 1. The SMILES string of the molecule is CC1=C(C#N)c2cccc3cc(=N)nc(n23)N1. The first-order valence-electron chi connectivity index (χ1n) is 5.16. The summed E-state index contributed by atoms with van der Waals surface area (Å²) in [6.07, 6.45) is 0. The van der Waals surface area contributed by atoms with E-state index in [9.17, 15) is 5.26 Å². The molecular weight excluding hydrogens is 214 g/mol. The maximum atomic E-state index is 9.17. The van der Waals surface area contributed by atoms with Gasteiger partial charge in [-0.1, -0.05) is 6.07 Å². The summed E-state index contributed by atoms with van der Waals surface area (Å²) in [6, 6.07) is 9.51. The number of hydrogen-bond acceptors (Lipinski definition) is 4. The topological polar surface area (TPSA) is 77.0 Å². The summed E-state index contributed by atoms with van der Waals surface area (Å²) in [5, 5.41) is 19.9. The zero-order chi connectivity index (χ0) is 12.0. The van der Waals surface area contributed by atoms with Gasteiger partial charge in [0, 0.05) is 11.8 Å². The van der Waals surface area contributed by atoms with Crippen LogP contribution in [-0.4, -0.2) is 9.38 Å². The number of aromatic nitrogens is 2. The average Bonchev–Trinajstić information content (AvgIpc) is 2.28. The van der Waals surface area contributed by atoms with Crippen molar-refractivity contribution in [3.8, 4) is 6.07 Å². The highest BCUT2D eigenvalue weighted by atomic mass is 15.2. The first-order valence-corrected chi connectivity index (χ1v) is 5.16. The van der Waals surface area contributed by atoms with E-state index in [1.807, 2.05) is 29.5 Å². The van der Waals surface area contributed by atoms with Crippen molar-refractivity contribution in [3.05, 3.63) is 41.1 Å². The van der Waals surface area contributed by atoms with Gasteiger partial charge < -0.3 is 5.32 Å². The summed E-state index contributed by atoms with van der Waals surface area (Å²) in [5.41, 5.74) is 3.23. The number of nitrogens with zero attached hydrogens (tertiary/aromatic N) is 3. The van der Waals surface area contributed by atoms with Gasteiger partial charge in [0.2, 0.25) is 5.95 Å². The Kier molecular flexibility index (Phi) is 1.80. The Balaban J connectivity index is 2.53. The fourth-order valence-corrected chi connectivity index (χ4v) is 2.05. The Morgan fingerprint density at radius 2 is 2.29 bits per heavy atom. The molecule has 2 N–H and O–H groups in total. The third-order valence-electron chi connectivity index (χ3n) is 2.79. The fourth-order valence-electron chi connectivity index (χ4n) is 2.05. The molecule has 3 rings (SSSR count). The van der Waals surface area contributed by atoms with Crippen LogP contribution in [0.2, 0.25) is 0 Å². The van der Waals surface area contributed by atoms with E-state index in [2.05, 4.69) is 16.4 Å². The molecule has 0 saturated carbocycles. The van der Waals surface area contributed by atoms with Crippen LogP contribution in [0.3, 0.4) is 0 Å². The van der Waals surface area contributed by atoms with Crippen molar-refractivity contribution >= 4 is 17.0 Å². The zero-order valence-electron chi connectivity index (χ0n) is 9.15. The lowest BCUT2D eigenvalue weighted by Gasteiger charge is -2.20. The van der Waals surface area contributed by atoms with E-state index in [0.717, 1.165) is 16.9 Å². The smallest absolute Gasteiger partial charge is 0.214 e. The molecule has 17 heavy (non-hydrogen) atoms. The van der Waals surface area contributed by atoms with E-state index in [1.54, 1.807) is 6.07 Å². The standard InChI is InChI=1S/C12H9N5/c1-7-9(6-13)10-4-2-3-8-5-11(14)16-12(15-7)17(8)10/h2-5H,1H3,(H2,14,15,16). The van der Waals surface area contributed by atoms with Gasteiger partial charge in [-0.25, -0.2) is 0 Å². The van der Waals surface area contributed by atoms with E-state index in [1.165, 1.54) is 0 Å². The van der Waals surface area contributed by atoms with Gasteiger partial charge >= 0.3 is 0 Å². The second kappa shape index (κ2) is 3.19. The van der Waals surface area contributed by atoms with Crippen molar-refractivity contribution < 1.29 is 0 Å². The molecule has 2 aromatic rings. The summed E-state index contributed by atoms with van der Waals surface area (Å²) in [7, 11) is 0. The molecule has 0 atom stereocenters. The third-order valence-corrected chi connectivity index (χ3v) is 2.79. The van der Waals surface area contributed by atoms with Crippen molar-refractivity contribution in [2.45, 2.75) is 6.92 Å². The molecule has 2 aromatic heterocycles. The molecule has 0 saturated heterocycles. The maximum absolute atomic E-state index is 9.17. The van der Waals surface area contributed by atoms with E-state index >= 15 is 0 Å². The summed E-state index contributed by atoms with van der Waals surface area (Å²) in [4.78, 5) is 4.13. The molecule has 0 unspecified atom stereocenters. The lowest BCUT2D eigenvalue weighted by atomic mass is 10.1. The lowest BCUT2D eigenvalue weighted by molar-refractivity contribution is 0.972. The van der Waals surface area contributed by atoms with E-state index in [-0.39, 0.29) is 5.49 Å². The molecule has 3 heterocycles. The predicted octanol–water partition coefficient (Wildman–Crippen LogP) is 1.49. The summed E-state index contributed by atoms with van der Waals surface area (Å²) in [6.45, 7) is 1.83. The summed E-state index contributed by atoms with van der Waals surface area (Å²) < 4.78 is 1.85. The molecule has 0 fully saturated rings. The molecule has 0 aromatic carbocycles. The van der Waals surface area contributed by atoms with E-state index in [4.69, 9.17) is 5.41 Å². The molecule has 1 aliphatic heterocycles. The van der Waals surface area contributed by atoms with Gasteiger partial charge in [-0.15, -0.1) is 0 Å². The van der Waals surface area contributed by atoms with Crippen molar-refractivity contribution in [3.63, 3.8) is 0 Å². The van der Waals surface area contributed by atoms with Gasteiger partial charge in [-0.05, 0) is 19.1 Å². The Bertz CT molecular complexity index is 761. The highest BCUT2D eigenvalue weighted by Crippen LogP contribution is 2.26. The predicted molar refractivity (Wildman–Crippen MR) is 62.9 cm³/mol. The number of allylic oxidation sites excluding steroid dienone is 2. The first kappa shape index (κ1) is 9.60. The molecule has 82 valence electrons. The molecular formula is C12H9N5. The maximum Gasteiger partial charge on any atom is 0.214 e. The van der Waals surface area contributed by atoms with Gasteiger partial charge in [0.1, 0.15) is 6.07 Å². The molecule has 5 nitrogen and oxygen atoms in total. The molecule has 0 amide bonds. The quantitative estimate of drug-likeness (QED) is 0.710. The van der Waals surface area contributed by atoms with Crippen LogP contribution in [-0.2, 0) is 0 Å². The Hall–Kier alpha value is -2.61. The van der Waals surface area contributed by atoms with Crippen LogP contribution in [0.5, 0.6) is 0 Å². The minimum Gasteiger partial charge on any atom is -0.328 e. The van der Waals surface area contributed by atoms with Gasteiger partial charge in [0.15, 0.2) is 5.49 Å². The summed E-state index contributed by atoms with van der Waals surface area (Å²) in [5.74, 6) is 0.583. The fraction of sp³-hybridized carbons (Fsp3) is 0.0833. The van der Waals surface area contributed by atoms with Crippen LogP contribution >= 0.6 is 0 Å². The van der Waals surface area contributed by atoms with Crippen molar-refractivity contribution in [1.82, 2.24) is 9.38 Å². The molecule has 0 aliphatic carbocycles. The van der Waals surface area contributed by atoms with Gasteiger partial charge in [-0.3, -0.25) is 9.81 Å². The third kappa shape index (κ3) is 1.24. The number of rotatable bonds is 0. The van der Waals surface area contributed by atoms with Crippen molar-refractivity contribution in [1.29, 1.82) is 10.7 Å². The molecule has 5 heteroatoms. The Morgan fingerprint density at radius 3 is 3.06 bits per heavy atom. The molecule has 0 bridgehead atoms. The average molecular weight is 223 g/mol. The van der Waals surface area contributed by atoms with Gasteiger partial charge in [0.25, 0.3) is 0 Å². The van der Waals surface area contributed by atoms with Gasteiger partial charge in [-0.2, -0.15) is 10.2 Å². The van der Waals surface area contributed by atoms with Crippen molar-refractivity contribution in [2.75, 3.05) is 5.32 Å². The van der Waals surface area contributed by atoms with Crippen LogP contribution in [0.1, 0.15) is 12.6 Å². The summed E-state index contributed by atoms with van der Waals surface area (Å²) >= 11 is 0. The number of nitrogens with one attached hydrogen (secondary N) is 2. The van der Waals surface area contributed by atoms with Crippen LogP contribution in [0.15, 0.2) is 30.0 Å². The van der Waals surface area contributed by atoms with E-state index < -0.39 is 0 Å². The first-order chi connectivity index (χ1) is 8.20. The van der Waals surface area contributed by atoms with Gasteiger partial charge in [0.05, 0.1) is 16.8 Å². The molecule has 0 spiro atoms. The van der Waals surface area contributed by atoms with Crippen LogP contribution < -0.4 is 10.8 Å². The second-order valence-electron chi connectivity index (χ2n) is 3.87. The molecule has 0 radical (unpaired) electrons. The lowest BCUT2D eigenvalue weighted by Crippen LogP contribution is -2.20. The Labute approximate surface area is 97.2 Å². The normalized spacial score (nSPS) is 13.4. The van der Waals surface area contributed by atoms with Crippen LogP contribution in [0, 0.1) is 16.7 Å².